The average Bonchev–Trinajstić information content (AvgIpc) is 2.82. The van der Waals surface area contributed by atoms with Gasteiger partial charge < -0.3 is 10.1 Å². The van der Waals surface area contributed by atoms with E-state index in [0.29, 0.717) is 28.1 Å². The van der Waals surface area contributed by atoms with Crippen LogP contribution in [0.1, 0.15) is 52.6 Å². The number of fused-ring (bicyclic) bond motifs is 1. The van der Waals surface area contributed by atoms with Crippen LogP contribution >= 0.6 is 0 Å². The summed E-state index contributed by atoms with van der Waals surface area (Å²) in [4.78, 5) is 26.1. The second kappa shape index (κ2) is 8.91. The Labute approximate surface area is 194 Å². The van der Waals surface area contributed by atoms with Crippen molar-refractivity contribution in [2.75, 3.05) is 12.4 Å². The van der Waals surface area contributed by atoms with Crippen LogP contribution in [-0.4, -0.2) is 18.8 Å². The quantitative estimate of drug-likeness (QED) is 0.357. The van der Waals surface area contributed by atoms with Gasteiger partial charge in [0.15, 0.2) is 5.78 Å². The Balaban J connectivity index is 1.58. The highest BCUT2D eigenvalue weighted by Crippen LogP contribution is 2.27. The van der Waals surface area contributed by atoms with Crippen LogP contribution in [0.25, 0.3) is 10.8 Å². The van der Waals surface area contributed by atoms with Crippen molar-refractivity contribution in [3.05, 3.63) is 107 Å². The minimum absolute atomic E-state index is 0.0234. The topological polar surface area (TPSA) is 55.4 Å². The van der Waals surface area contributed by atoms with Crippen molar-refractivity contribution in [2.45, 2.75) is 26.2 Å². The molecule has 0 radical (unpaired) electrons. The molecule has 4 aromatic carbocycles. The Morgan fingerprint density at radius 2 is 1.42 bits per heavy atom. The lowest BCUT2D eigenvalue weighted by molar-refractivity contribution is 0.101. The molecular weight excluding hydrogens is 410 g/mol. The number of anilines is 1. The Morgan fingerprint density at radius 3 is 2.06 bits per heavy atom. The lowest BCUT2D eigenvalue weighted by Crippen LogP contribution is -2.14. The largest absolute Gasteiger partial charge is 0.496 e. The van der Waals surface area contributed by atoms with Crippen molar-refractivity contribution in [1.82, 2.24) is 0 Å². The molecule has 0 aliphatic carbocycles. The van der Waals surface area contributed by atoms with E-state index in [9.17, 15) is 9.59 Å². The summed E-state index contributed by atoms with van der Waals surface area (Å²) in [5.74, 6) is 0.115. The van der Waals surface area contributed by atoms with Gasteiger partial charge in [0.2, 0.25) is 0 Å². The third-order valence-electron chi connectivity index (χ3n) is 5.71. The molecule has 0 atom stereocenters. The molecule has 1 amide bonds. The second-order valence-electron chi connectivity index (χ2n) is 9.09. The summed E-state index contributed by atoms with van der Waals surface area (Å²) >= 11 is 0. The Bertz CT molecular complexity index is 1330. The first-order valence-electron chi connectivity index (χ1n) is 10.9. The summed E-state index contributed by atoms with van der Waals surface area (Å²) in [7, 11) is 1.55. The molecule has 4 aromatic rings. The van der Waals surface area contributed by atoms with E-state index in [2.05, 4.69) is 26.1 Å². The number of ketones is 1. The molecule has 0 spiro atoms. The average molecular weight is 438 g/mol. The molecule has 33 heavy (non-hydrogen) atoms. The molecule has 1 N–H and O–H groups in total. The van der Waals surface area contributed by atoms with E-state index >= 15 is 0 Å². The second-order valence-corrected chi connectivity index (χ2v) is 9.09. The lowest BCUT2D eigenvalue weighted by Gasteiger charge is -2.19. The highest BCUT2D eigenvalue weighted by atomic mass is 16.5. The number of ether oxygens (including phenoxy) is 1. The van der Waals surface area contributed by atoms with Gasteiger partial charge in [0.05, 0.1) is 12.7 Å². The van der Waals surface area contributed by atoms with E-state index in [4.69, 9.17) is 4.74 Å². The van der Waals surface area contributed by atoms with E-state index in [1.807, 2.05) is 60.7 Å². The molecular formula is C29H27NO3. The van der Waals surface area contributed by atoms with Gasteiger partial charge in [0.25, 0.3) is 5.91 Å². The van der Waals surface area contributed by atoms with Crippen LogP contribution < -0.4 is 10.1 Å². The molecule has 0 aliphatic heterocycles. The van der Waals surface area contributed by atoms with Crippen LogP contribution in [0.5, 0.6) is 5.75 Å². The van der Waals surface area contributed by atoms with Gasteiger partial charge in [-0.05, 0) is 46.0 Å². The zero-order valence-corrected chi connectivity index (χ0v) is 19.3. The fourth-order valence-electron chi connectivity index (χ4n) is 3.79. The first-order chi connectivity index (χ1) is 15.8. The first-order valence-corrected chi connectivity index (χ1v) is 10.9. The van der Waals surface area contributed by atoms with Crippen molar-refractivity contribution < 1.29 is 14.3 Å². The van der Waals surface area contributed by atoms with E-state index in [1.54, 1.807) is 31.4 Å². The SMILES string of the molecule is COc1cc2ccccc2cc1C(=O)Nc1cccc(C(=O)c2ccc(C(C)(C)C)cc2)c1. The van der Waals surface area contributed by atoms with Gasteiger partial charge in [0.1, 0.15) is 5.75 Å². The summed E-state index contributed by atoms with van der Waals surface area (Å²) in [6.07, 6.45) is 0. The molecule has 0 heterocycles. The standard InChI is InChI=1S/C29H27NO3/c1-29(2,3)23-14-12-19(13-15-23)27(31)22-10-7-11-24(16-22)30-28(32)25-17-20-8-5-6-9-21(20)18-26(25)33-4/h5-18H,1-4H3,(H,30,32). The summed E-state index contributed by atoms with van der Waals surface area (Å²) in [5, 5.41) is 4.85. The summed E-state index contributed by atoms with van der Waals surface area (Å²) in [5.41, 5.74) is 3.31. The fourth-order valence-corrected chi connectivity index (χ4v) is 3.79. The fraction of sp³-hybridized carbons (Fsp3) is 0.172. The van der Waals surface area contributed by atoms with E-state index < -0.39 is 0 Å². The molecule has 0 aliphatic rings. The number of amides is 1. The monoisotopic (exact) mass is 437 g/mol. The smallest absolute Gasteiger partial charge is 0.259 e. The van der Waals surface area contributed by atoms with Crippen molar-refractivity contribution in [2.24, 2.45) is 0 Å². The number of hydrogen-bond donors (Lipinski definition) is 1. The normalized spacial score (nSPS) is 11.3. The molecule has 0 fully saturated rings. The van der Waals surface area contributed by atoms with Crippen LogP contribution in [0.3, 0.4) is 0 Å². The van der Waals surface area contributed by atoms with Crippen molar-refractivity contribution in [1.29, 1.82) is 0 Å². The van der Waals surface area contributed by atoms with Gasteiger partial charge in [-0.15, -0.1) is 0 Å². The molecule has 0 aromatic heterocycles. The third-order valence-corrected chi connectivity index (χ3v) is 5.71. The van der Waals surface area contributed by atoms with Gasteiger partial charge in [-0.3, -0.25) is 9.59 Å². The summed E-state index contributed by atoms with van der Waals surface area (Å²) < 4.78 is 5.45. The molecule has 0 bridgehead atoms. The number of nitrogens with one attached hydrogen (secondary N) is 1. The maximum absolute atomic E-state index is 13.0. The van der Waals surface area contributed by atoms with Gasteiger partial charge in [0, 0.05) is 16.8 Å². The summed E-state index contributed by atoms with van der Waals surface area (Å²) in [6, 6.07) is 26.2. The number of benzene rings is 4. The summed E-state index contributed by atoms with van der Waals surface area (Å²) in [6.45, 7) is 6.42. The predicted molar refractivity (Wildman–Crippen MR) is 133 cm³/mol. The molecule has 166 valence electrons. The van der Waals surface area contributed by atoms with Crippen LogP contribution in [0, 0.1) is 0 Å². The predicted octanol–water partition coefficient (Wildman–Crippen LogP) is 6.63. The van der Waals surface area contributed by atoms with Gasteiger partial charge >= 0.3 is 0 Å². The van der Waals surface area contributed by atoms with Crippen LogP contribution in [-0.2, 0) is 5.41 Å². The van der Waals surface area contributed by atoms with Crippen LogP contribution in [0.15, 0.2) is 84.9 Å². The van der Waals surface area contributed by atoms with E-state index in [-0.39, 0.29) is 17.1 Å². The van der Waals surface area contributed by atoms with Gasteiger partial charge in [-0.25, -0.2) is 0 Å². The molecule has 0 saturated carbocycles. The van der Waals surface area contributed by atoms with E-state index in [0.717, 1.165) is 10.8 Å². The maximum Gasteiger partial charge on any atom is 0.259 e. The van der Waals surface area contributed by atoms with Crippen molar-refractivity contribution in [3.8, 4) is 5.75 Å². The number of carbonyl (C=O) groups excluding carboxylic acids is 2. The lowest BCUT2D eigenvalue weighted by atomic mass is 9.86. The third kappa shape index (κ3) is 4.80. The highest BCUT2D eigenvalue weighted by molar-refractivity contribution is 6.11. The van der Waals surface area contributed by atoms with Crippen LogP contribution in [0.2, 0.25) is 0 Å². The Kier molecular flexibility index (Phi) is 6.01. The van der Waals surface area contributed by atoms with Gasteiger partial charge in [-0.2, -0.15) is 0 Å². The minimum atomic E-state index is -0.295. The number of methoxy groups -OCH3 is 1. The van der Waals surface area contributed by atoms with Crippen molar-refractivity contribution in [3.63, 3.8) is 0 Å². The molecule has 4 heteroatoms. The Morgan fingerprint density at radius 1 is 0.758 bits per heavy atom. The maximum atomic E-state index is 13.0. The zero-order chi connectivity index (χ0) is 23.6. The van der Waals surface area contributed by atoms with E-state index in [1.165, 1.54) is 5.56 Å². The molecule has 4 rings (SSSR count). The first kappa shape index (κ1) is 22.3. The number of rotatable bonds is 5. The van der Waals surface area contributed by atoms with Crippen molar-refractivity contribution >= 4 is 28.2 Å². The number of hydrogen-bond acceptors (Lipinski definition) is 3. The molecule has 0 saturated heterocycles. The molecule has 0 unspecified atom stereocenters. The highest BCUT2D eigenvalue weighted by Gasteiger charge is 2.17. The minimum Gasteiger partial charge on any atom is -0.496 e. The number of carbonyl (C=O) groups is 2. The molecule has 4 nitrogen and oxygen atoms in total. The van der Waals surface area contributed by atoms with Crippen LogP contribution in [0.4, 0.5) is 5.69 Å². The Hall–Kier alpha value is -3.92. The zero-order valence-electron chi connectivity index (χ0n) is 19.3. The van der Waals surface area contributed by atoms with Gasteiger partial charge in [-0.1, -0.05) is 81.4 Å².